The van der Waals surface area contributed by atoms with Gasteiger partial charge < -0.3 is 10.4 Å². The predicted octanol–water partition coefficient (Wildman–Crippen LogP) is 3.01. The molecular weight excluding hydrogens is 243 g/mol. The minimum atomic E-state index is -0.788. The van der Waals surface area contributed by atoms with Crippen LogP contribution in [0.3, 0.4) is 0 Å². The Kier molecular flexibility index (Phi) is 3.87. The van der Waals surface area contributed by atoms with E-state index in [9.17, 15) is 14.3 Å². The molecule has 0 saturated heterocycles. The van der Waals surface area contributed by atoms with Gasteiger partial charge in [0.2, 0.25) is 0 Å². The lowest BCUT2D eigenvalue weighted by atomic mass is 10.1. The molecule has 17 heavy (non-hydrogen) atoms. The van der Waals surface area contributed by atoms with Crippen molar-refractivity contribution in [3.63, 3.8) is 0 Å². The van der Waals surface area contributed by atoms with E-state index in [1.807, 2.05) is 0 Å². The van der Waals surface area contributed by atoms with Gasteiger partial charge in [0.1, 0.15) is 0 Å². The number of amides is 2. The first-order valence-corrected chi connectivity index (χ1v) is 5.41. The van der Waals surface area contributed by atoms with Crippen LogP contribution in [-0.4, -0.2) is 21.0 Å². The highest BCUT2D eigenvalue weighted by atomic mass is 32.1. The maximum atomic E-state index is 13.0. The Morgan fingerprint density at radius 3 is 2.59 bits per heavy atom. The number of carbonyl (C=O) groups is 1. The molecule has 0 radical (unpaired) electrons. The van der Waals surface area contributed by atoms with Gasteiger partial charge in [-0.1, -0.05) is 18.9 Å². The second kappa shape index (κ2) is 4.83. The van der Waals surface area contributed by atoms with Gasteiger partial charge in [0, 0.05) is 5.54 Å². The number of nitrogens with zero attached hydrogens (tertiary/aromatic N) is 1. The largest absolute Gasteiger partial charge is 0.503 e. The molecule has 0 atom stereocenters. The van der Waals surface area contributed by atoms with E-state index in [-0.39, 0.29) is 5.69 Å². The number of urea groups is 1. The molecule has 1 aromatic rings. The number of para-hydroxylation sites is 1. The zero-order chi connectivity index (χ0) is 13.2. The molecule has 0 aromatic heterocycles. The Hall–Kier alpha value is -1.43. The molecule has 0 aliphatic heterocycles. The lowest BCUT2D eigenvalue weighted by Gasteiger charge is -2.30. The molecular formula is C11H15FN2O2S. The van der Waals surface area contributed by atoms with Crippen LogP contribution in [0.4, 0.5) is 14.9 Å². The highest BCUT2D eigenvalue weighted by Crippen LogP contribution is 2.27. The molecule has 0 fully saturated rings. The van der Waals surface area contributed by atoms with Crippen LogP contribution < -0.4 is 5.32 Å². The van der Waals surface area contributed by atoms with Crippen molar-refractivity contribution in [1.29, 1.82) is 0 Å². The first kappa shape index (κ1) is 13.6. The van der Waals surface area contributed by atoms with Crippen molar-refractivity contribution in [3.8, 4) is 5.75 Å². The zero-order valence-corrected chi connectivity index (χ0v) is 10.8. The van der Waals surface area contributed by atoms with Gasteiger partial charge in [0.25, 0.3) is 0 Å². The number of halogens is 1. The molecule has 1 aromatic carbocycles. The second-order valence-electron chi connectivity index (χ2n) is 4.55. The highest BCUT2D eigenvalue weighted by molar-refractivity contribution is 7.78. The predicted molar refractivity (Wildman–Crippen MR) is 67.7 cm³/mol. The van der Waals surface area contributed by atoms with Crippen molar-refractivity contribution in [3.05, 3.63) is 24.0 Å². The first-order valence-electron chi connectivity index (χ1n) is 5.01. The summed E-state index contributed by atoms with van der Waals surface area (Å²) in [6.45, 7) is 5.39. The number of hydrogen-bond donors (Lipinski definition) is 3. The number of anilines is 1. The van der Waals surface area contributed by atoms with E-state index in [1.165, 1.54) is 12.1 Å². The van der Waals surface area contributed by atoms with Gasteiger partial charge in [-0.3, -0.25) is 4.31 Å². The smallest absolute Gasteiger partial charge is 0.332 e. The number of nitrogens with one attached hydrogen (secondary N) is 1. The molecule has 0 spiro atoms. The van der Waals surface area contributed by atoms with Gasteiger partial charge in [-0.2, -0.15) is 0 Å². The van der Waals surface area contributed by atoms with Crippen LogP contribution in [0.15, 0.2) is 18.2 Å². The standard InChI is InChI=1S/C11H15FN2O2S/c1-11(2,3)14(17)10(16)13-8-6-4-5-7(12)9(8)15/h4-6,15,17H,1-3H3,(H,13,16). The number of rotatable bonds is 1. The summed E-state index contributed by atoms with van der Waals surface area (Å²) in [4.78, 5) is 11.7. The van der Waals surface area contributed by atoms with Crippen LogP contribution in [0.25, 0.3) is 0 Å². The van der Waals surface area contributed by atoms with Crippen LogP contribution in [-0.2, 0) is 0 Å². The molecule has 0 unspecified atom stereocenters. The zero-order valence-electron chi connectivity index (χ0n) is 9.86. The minimum Gasteiger partial charge on any atom is -0.503 e. The SMILES string of the molecule is CC(C)(C)N(S)C(=O)Nc1cccc(F)c1O. The van der Waals surface area contributed by atoms with E-state index in [2.05, 4.69) is 18.1 Å². The molecule has 1 rings (SSSR count). The number of benzene rings is 1. The van der Waals surface area contributed by atoms with E-state index in [4.69, 9.17) is 0 Å². The molecule has 0 saturated carbocycles. The summed E-state index contributed by atoms with van der Waals surface area (Å²) in [5, 5.41) is 11.8. The topological polar surface area (TPSA) is 52.6 Å². The average molecular weight is 258 g/mol. The fourth-order valence-electron chi connectivity index (χ4n) is 1.09. The summed E-state index contributed by atoms with van der Waals surface area (Å²) in [5.41, 5.74) is -0.478. The van der Waals surface area contributed by atoms with E-state index in [1.54, 1.807) is 20.8 Å². The molecule has 0 aliphatic rings. The summed E-state index contributed by atoms with van der Waals surface area (Å²) in [7, 11) is 0. The summed E-state index contributed by atoms with van der Waals surface area (Å²) in [5.74, 6) is -1.37. The Bertz CT molecular complexity index is 432. The average Bonchev–Trinajstić information content (AvgIpc) is 2.22. The monoisotopic (exact) mass is 258 g/mol. The molecule has 6 heteroatoms. The number of aromatic hydroxyl groups is 1. The Morgan fingerprint density at radius 1 is 1.47 bits per heavy atom. The van der Waals surface area contributed by atoms with Crippen molar-refractivity contribution in [2.45, 2.75) is 26.3 Å². The van der Waals surface area contributed by atoms with Gasteiger partial charge >= 0.3 is 6.03 Å². The van der Waals surface area contributed by atoms with E-state index < -0.39 is 23.1 Å². The maximum absolute atomic E-state index is 13.0. The van der Waals surface area contributed by atoms with Crippen LogP contribution in [0.1, 0.15) is 20.8 Å². The molecule has 2 amide bonds. The van der Waals surface area contributed by atoms with Crippen LogP contribution in [0, 0.1) is 5.82 Å². The fourth-order valence-corrected chi connectivity index (χ4v) is 1.14. The second-order valence-corrected chi connectivity index (χ2v) is 4.95. The Labute approximate surface area is 105 Å². The lowest BCUT2D eigenvalue weighted by Crippen LogP contribution is -2.41. The number of thiol groups is 1. The van der Waals surface area contributed by atoms with Gasteiger partial charge in [0.15, 0.2) is 11.6 Å². The number of phenols is 1. The van der Waals surface area contributed by atoms with Crippen molar-refractivity contribution in [2.24, 2.45) is 0 Å². The third-order valence-electron chi connectivity index (χ3n) is 2.06. The molecule has 0 heterocycles. The van der Waals surface area contributed by atoms with Crippen LogP contribution in [0.2, 0.25) is 0 Å². The maximum Gasteiger partial charge on any atom is 0.332 e. The fraction of sp³-hybridized carbons (Fsp3) is 0.364. The van der Waals surface area contributed by atoms with Crippen LogP contribution >= 0.6 is 12.8 Å². The lowest BCUT2D eigenvalue weighted by molar-refractivity contribution is 0.216. The molecule has 94 valence electrons. The third-order valence-corrected chi connectivity index (χ3v) is 2.84. The van der Waals surface area contributed by atoms with E-state index in [0.717, 1.165) is 10.4 Å². The highest BCUT2D eigenvalue weighted by Gasteiger charge is 2.24. The molecule has 2 N–H and O–H groups in total. The summed E-state index contributed by atoms with van der Waals surface area (Å²) < 4.78 is 14.2. The minimum absolute atomic E-state index is 0.0123. The third kappa shape index (κ3) is 3.26. The van der Waals surface area contributed by atoms with Gasteiger partial charge in [-0.25, -0.2) is 9.18 Å². The normalized spacial score (nSPS) is 11.1. The van der Waals surface area contributed by atoms with Crippen molar-refractivity contribution in [2.75, 3.05) is 5.32 Å². The number of phenolic OH excluding ortho intramolecular Hbond substituents is 1. The van der Waals surface area contributed by atoms with Crippen molar-refractivity contribution in [1.82, 2.24) is 4.31 Å². The summed E-state index contributed by atoms with van der Waals surface area (Å²) >= 11 is 4.04. The molecule has 0 aliphatic carbocycles. The van der Waals surface area contributed by atoms with Crippen LogP contribution in [0.5, 0.6) is 5.75 Å². The number of hydrogen-bond acceptors (Lipinski definition) is 3. The Morgan fingerprint density at radius 2 is 2.06 bits per heavy atom. The first-order chi connectivity index (χ1) is 7.73. The molecule has 4 nitrogen and oxygen atoms in total. The van der Waals surface area contributed by atoms with E-state index in [0.29, 0.717) is 0 Å². The van der Waals surface area contributed by atoms with E-state index >= 15 is 0 Å². The number of carbonyl (C=O) groups excluding carboxylic acids is 1. The van der Waals surface area contributed by atoms with Gasteiger partial charge in [-0.05, 0) is 32.9 Å². The Balaban J connectivity index is 2.86. The summed E-state index contributed by atoms with van der Waals surface area (Å²) in [6, 6.07) is 3.36. The summed E-state index contributed by atoms with van der Waals surface area (Å²) in [6.07, 6.45) is 0. The van der Waals surface area contributed by atoms with Gasteiger partial charge in [-0.15, -0.1) is 0 Å². The van der Waals surface area contributed by atoms with Crippen molar-refractivity contribution < 1.29 is 14.3 Å². The molecule has 0 bridgehead atoms. The van der Waals surface area contributed by atoms with Gasteiger partial charge in [0.05, 0.1) is 5.69 Å². The van der Waals surface area contributed by atoms with Crippen molar-refractivity contribution >= 4 is 24.5 Å². The quantitative estimate of drug-likeness (QED) is 0.535.